The van der Waals surface area contributed by atoms with E-state index in [0.717, 1.165) is 12.1 Å². The average Bonchev–Trinajstić information content (AvgIpc) is 2.55. The van der Waals surface area contributed by atoms with E-state index in [4.69, 9.17) is 4.74 Å². The predicted octanol–water partition coefficient (Wildman–Crippen LogP) is 3.56. The van der Waals surface area contributed by atoms with Gasteiger partial charge in [-0.15, -0.1) is 13.2 Å². The minimum absolute atomic E-state index is 0.145. The summed E-state index contributed by atoms with van der Waals surface area (Å²) in [4.78, 5) is 23.8. The number of hydrogen-bond donors (Lipinski definition) is 2. The molecule has 0 bridgehead atoms. The number of hydrogen-bond acceptors (Lipinski definition) is 4. The summed E-state index contributed by atoms with van der Waals surface area (Å²) in [5.74, 6) is -0.776. The second kappa shape index (κ2) is 6.58. The summed E-state index contributed by atoms with van der Waals surface area (Å²) in [6.45, 7) is 1.61. The first kappa shape index (κ1) is 17.6. The summed E-state index contributed by atoms with van der Waals surface area (Å²) in [6, 6.07) is 9.22. The first-order valence-corrected chi connectivity index (χ1v) is 7.50. The van der Waals surface area contributed by atoms with Gasteiger partial charge in [0.1, 0.15) is 11.5 Å². The smallest absolute Gasteiger partial charge is 0.479 e. The van der Waals surface area contributed by atoms with Crippen molar-refractivity contribution in [3.8, 4) is 11.5 Å². The van der Waals surface area contributed by atoms with Crippen molar-refractivity contribution >= 4 is 23.2 Å². The van der Waals surface area contributed by atoms with Gasteiger partial charge in [0.05, 0.1) is 5.69 Å². The zero-order chi connectivity index (χ0) is 18.9. The molecular weight excluding hydrogens is 353 g/mol. The molecule has 0 radical (unpaired) electrons. The van der Waals surface area contributed by atoms with Crippen LogP contribution >= 0.6 is 0 Å². The minimum Gasteiger partial charge on any atom is -0.479 e. The van der Waals surface area contributed by atoms with Crippen molar-refractivity contribution in [3.05, 3.63) is 48.0 Å². The van der Waals surface area contributed by atoms with E-state index in [1.165, 1.54) is 18.2 Å². The van der Waals surface area contributed by atoms with E-state index in [0.29, 0.717) is 17.1 Å². The van der Waals surface area contributed by atoms with Crippen LogP contribution in [0.3, 0.4) is 0 Å². The van der Waals surface area contributed by atoms with Crippen LogP contribution in [0.4, 0.5) is 24.5 Å². The molecule has 0 spiro atoms. The van der Waals surface area contributed by atoms with Crippen molar-refractivity contribution in [2.75, 3.05) is 10.6 Å². The number of benzene rings is 2. The van der Waals surface area contributed by atoms with Gasteiger partial charge in [0, 0.05) is 11.3 Å². The molecule has 6 nitrogen and oxygen atoms in total. The Morgan fingerprint density at radius 1 is 1.19 bits per heavy atom. The number of alkyl halides is 3. The van der Waals surface area contributed by atoms with Crippen LogP contribution in [0.2, 0.25) is 0 Å². The largest absolute Gasteiger partial charge is 0.573 e. The van der Waals surface area contributed by atoms with Crippen LogP contribution in [0.1, 0.15) is 17.3 Å². The van der Waals surface area contributed by atoms with Gasteiger partial charge in [0.25, 0.3) is 11.8 Å². The average molecular weight is 366 g/mol. The van der Waals surface area contributed by atoms with Crippen LogP contribution in [-0.2, 0) is 4.79 Å². The Labute approximate surface area is 145 Å². The first-order chi connectivity index (χ1) is 12.2. The second-order valence-corrected chi connectivity index (χ2v) is 5.49. The van der Waals surface area contributed by atoms with Gasteiger partial charge < -0.3 is 20.1 Å². The third-order valence-corrected chi connectivity index (χ3v) is 3.52. The number of carbonyl (C=O) groups is 2. The van der Waals surface area contributed by atoms with E-state index in [1.54, 1.807) is 19.1 Å². The first-order valence-electron chi connectivity index (χ1n) is 7.50. The summed E-state index contributed by atoms with van der Waals surface area (Å²) < 4.78 is 45.6. The number of halogens is 3. The monoisotopic (exact) mass is 366 g/mol. The highest BCUT2D eigenvalue weighted by atomic mass is 19.4. The second-order valence-electron chi connectivity index (χ2n) is 5.49. The molecule has 0 saturated heterocycles. The molecule has 9 heteroatoms. The summed E-state index contributed by atoms with van der Waals surface area (Å²) >= 11 is 0. The molecule has 2 N–H and O–H groups in total. The van der Waals surface area contributed by atoms with Crippen molar-refractivity contribution < 1.29 is 32.2 Å². The van der Waals surface area contributed by atoms with Crippen LogP contribution in [-0.4, -0.2) is 24.3 Å². The fourth-order valence-electron chi connectivity index (χ4n) is 2.30. The number of ether oxygens (including phenoxy) is 2. The molecule has 2 aromatic carbocycles. The molecule has 136 valence electrons. The van der Waals surface area contributed by atoms with Crippen LogP contribution < -0.4 is 20.1 Å². The van der Waals surface area contributed by atoms with Crippen molar-refractivity contribution in [1.29, 1.82) is 0 Å². The lowest BCUT2D eigenvalue weighted by Gasteiger charge is -2.23. The zero-order valence-corrected chi connectivity index (χ0v) is 13.4. The number of carbonyl (C=O) groups excluding carboxylic acids is 2. The molecule has 0 aliphatic carbocycles. The lowest BCUT2D eigenvalue weighted by Crippen LogP contribution is -2.34. The summed E-state index contributed by atoms with van der Waals surface area (Å²) in [7, 11) is 0. The van der Waals surface area contributed by atoms with E-state index in [1.807, 2.05) is 0 Å². The number of rotatable bonds is 3. The molecule has 2 aromatic rings. The van der Waals surface area contributed by atoms with E-state index in [-0.39, 0.29) is 11.5 Å². The normalized spacial score (nSPS) is 16.2. The molecule has 1 aliphatic heterocycles. The van der Waals surface area contributed by atoms with E-state index < -0.39 is 24.1 Å². The highest BCUT2D eigenvalue weighted by Gasteiger charge is 2.31. The SMILES string of the molecule is C[C@@H]1Oc2ccc(NC(=O)c3ccc(OC(F)(F)F)cc3)cc2NC1=O. The van der Waals surface area contributed by atoms with Gasteiger partial charge in [-0.2, -0.15) is 0 Å². The Morgan fingerprint density at radius 2 is 1.88 bits per heavy atom. The van der Waals surface area contributed by atoms with Gasteiger partial charge in [-0.3, -0.25) is 9.59 Å². The lowest BCUT2D eigenvalue weighted by atomic mass is 10.1. The summed E-state index contributed by atoms with van der Waals surface area (Å²) in [5.41, 5.74) is 0.953. The molecule has 0 aromatic heterocycles. The van der Waals surface area contributed by atoms with Gasteiger partial charge >= 0.3 is 6.36 Å². The molecule has 1 atom stereocenters. The number of nitrogens with one attached hydrogen (secondary N) is 2. The maximum Gasteiger partial charge on any atom is 0.573 e. The van der Waals surface area contributed by atoms with Crippen molar-refractivity contribution in [2.45, 2.75) is 19.4 Å². The van der Waals surface area contributed by atoms with E-state index in [9.17, 15) is 22.8 Å². The Hall–Kier alpha value is -3.23. The summed E-state index contributed by atoms with van der Waals surface area (Å²) in [6.07, 6.45) is -5.41. The molecule has 26 heavy (non-hydrogen) atoms. The van der Waals surface area contributed by atoms with Crippen LogP contribution in [0.5, 0.6) is 11.5 Å². The van der Waals surface area contributed by atoms with Gasteiger partial charge in [-0.1, -0.05) is 0 Å². The van der Waals surface area contributed by atoms with E-state index in [2.05, 4.69) is 15.4 Å². The van der Waals surface area contributed by atoms with Crippen molar-refractivity contribution in [3.63, 3.8) is 0 Å². The third kappa shape index (κ3) is 4.05. The lowest BCUT2D eigenvalue weighted by molar-refractivity contribution is -0.274. The highest BCUT2D eigenvalue weighted by molar-refractivity contribution is 6.05. The number of fused-ring (bicyclic) bond motifs is 1. The molecule has 3 rings (SSSR count). The fourth-order valence-corrected chi connectivity index (χ4v) is 2.30. The predicted molar refractivity (Wildman–Crippen MR) is 86.2 cm³/mol. The fraction of sp³-hybridized carbons (Fsp3) is 0.176. The topological polar surface area (TPSA) is 76.7 Å². The third-order valence-electron chi connectivity index (χ3n) is 3.52. The number of amides is 2. The quantitative estimate of drug-likeness (QED) is 0.871. The molecule has 1 aliphatic rings. The molecule has 1 heterocycles. The Bertz CT molecular complexity index is 850. The number of anilines is 2. The maximum atomic E-state index is 12.2. The van der Waals surface area contributed by atoms with Gasteiger partial charge in [-0.05, 0) is 49.4 Å². The Morgan fingerprint density at radius 3 is 2.54 bits per heavy atom. The standard InChI is InChI=1S/C17H13F3N2O4/c1-9-15(23)22-13-8-11(4-7-14(13)25-9)21-16(24)10-2-5-12(6-3-10)26-17(18,19)20/h2-9H,1H3,(H,21,24)(H,22,23)/t9-/m0/s1. The van der Waals surface area contributed by atoms with Crippen molar-refractivity contribution in [1.82, 2.24) is 0 Å². The van der Waals surface area contributed by atoms with Crippen LogP contribution in [0.25, 0.3) is 0 Å². The van der Waals surface area contributed by atoms with E-state index >= 15 is 0 Å². The van der Waals surface area contributed by atoms with Gasteiger partial charge in [0.2, 0.25) is 0 Å². The van der Waals surface area contributed by atoms with Gasteiger partial charge in [-0.25, -0.2) is 0 Å². The Balaban J connectivity index is 1.70. The molecule has 0 fully saturated rings. The minimum atomic E-state index is -4.79. The van der Waals surface area contributed by atoms with Crippen molar-refractivity contribution in [2.24, 2.45) is 0 Å². The molecule has 0 unspecified atom stereocenters. The van der Waals surface area contributed by atoms with Gasteiger partial charge in [0.15, 0.2) is 6.10 Å². The maximum absolute atomic E-state index is 12.2. The Kier molecular flexibility index (Phi) is 4.45. The zero-order valence-electron chi connectivity index (χ0n) is 13.4. The molecular formula is C17H13F3N2O4. The molecule has 0 saturated carbocycles. The van der Waals surface area contributed by atoms with Crippen LogP contribution in [0.15, 0.2) is 42.5 Å². The summed E-state index contributed by atoms with van der Waals surface area (Å²) in [5, 5.41) is 5.25. The highest BCUT2D eigenvalue weighted by Crippen LogP contribution is 2.32. The molecule has 2 amide bonds. The van der Waals surface area contributed by atoms with Crippen LogP contribution in [0, 0.1) is 0 Å².